The van der Waals surface area contributed by atoms with Gasteiger partial charge < -0.3 is 0 Å². The van der Waals surface area contributed by atoms with Crippen molar-refractivity contribution in [3.63, 3.8) is 0 Å². The predicted molar refractivity (Wildman–Crippen MR) is 94.3 cm³/mol. The lowest BCUT2D eigenvalue weighted by Gasteiger charge is -2.26. The van der Waals surface area contributed by atoms with Crippen LogP contribution >= 0.6 is 15.9 Å². The molecular formula is C18H13BrN2O3. The van der Waals surface area contributed by atoms with E-state index in [1.165, 1.54) is 6.08 Å². The van der Waals surface area contributed by atoms with E-state index in [0.29, 0.717) is 5.69 Å². The third-order valence-corrected chi connectivity index (χ3v) is 4.01. The van der Waals surface area contributed by atoms with Gasteiger partial charge in [0.15, 0.2) is 0 Å². The van der Waals surface area contributed by atoms with E-state index in [-0.39, 0.29) is 5.57 Å². The average molecular weight is 385 g/mol. The molecule has 2 aromatic carbocycles. The molecule has 0 aromatic heterocycles. The molecule has 24 heavy (non-hydrogen) atoms. The third kappa shape index (κ3) is 3.14. The van der Waals surface area contributed by atoms with Crippen molar-refractivity contribution in [2.24, 2.45) is 0 Å². The molecule has 1 fully saturated rings. The molecular weight excluding hydrogens is 372 g/mol. The Morgan fingerprint density at radius 1 is 1.04 bits per heavy atom. The first-order valence-corrected chi connectivity index (χ1v) is 7.99. The molecule has 0 bridgehead atoms. The molecule has 5 nitrogen and oxygen atoms in total. The normalized spacial score (nSPS) is 16.5. The molecule has 120 valence electrons. The number of amides is 4. The number of anilines is 1. The largest absolute Gasteiger partial charge is 0.335 e. The number of nitrogens with zero attached hydrogens (tertiary/aromatic N) is 1. The molecule has 0 radical (unpaired) electrons. The standard InChI is InChI=1S/C18H13BrN2O3/c1-11-4-2-5-12(8-11)9-15-16(22)20-18(24)21(17(15)23)14-7-3-6-13(19)10-14/h2-10H,1H3,(H,20,22,24). The highest BCUT2D eigenvalue weighted by atomic mass is 79.9. The number of rotatable bonds is 2. The minimum absolute atomic E-state index is 0.0832. The van der Waals surface area contributed by atoms with Gasteiger partial charge in [0.05, 0.1) is 5.69 Å². The fourth-order valence-corrected chi connectivity index (χ4v) is 2.82. The van der Waals surface area contributed by atoms with Crippen LogP contribution in [0, 0.1) is 6.92 Å². The lowest BCUT2D eigenvalue weighted by Crippen LogP contribution is -2.54. The molecule has 4 amide bonds. The van der Waals surface area contributed by atoms with E-state index in [1.54, 1.807) is 30.3 Å². The zero-order valence-electron chi connectivity index (χ0n) is 12.7. The Kier molecular flexibility index (Phi) is 4.31. The number of imide groups is 2. The summed E-state index contributed by atoms with van der Waals surface area (Å²) >= 11 is 3.31. The smallest absolute Gasteiger partial charge is 0.273 e. The van der Waals surface area contributed by atoms with Gasteiger partial charge in [0, 0.05) is 4.47 Å². The summed E-state index contributed by atoms with van der Waals surface area (Å²) in [5, 5.41) is 2.21. The highest BCUT2D eigenvalue weighted by Crippen LogP contribution is 2.24. The molecule has 0 atom stereocenters. The van der Waals surface area contributed by atoms with Crippen molar-refractivity contribution in [1.29, 1.82) is 0 Å². The Balaban J connectivity index is 2.03. The number of carbonyl (C=O) groups excluding carboxylic acids is 3. The summed E-state index contributed by atoms with van der Waals surface area (Å²) in [6.07, 6.45) is 1.49. The Bertz CT molecular complexity index is 889. The van der Waals surface area contributed by atoms with E-state index in [9.17, 15) is 14.4 Å². The Labute approximate surface area is 147 Å². The van der Waals surface area contributed by atoms with Crippen LogP contribution in [0.4, 0.5) is 10.5 Å². The van der Waals surface area contributed by atoms with Crippen molar-refractivity contribution in [1.82, 2.24) is 5.32 Å². The first kappa shape index (κ1) is 16.1. The van der Waals surface area contributed by atoms with Crippen molar-refractivity contribution in [3.8, 4) is 0 Å². The molecule has 6 heteroatoms. The summed E-state index contributed by atoms with van der Waals surface area (Å²) in [5.41, 5.74) is 2.03. The zero-order chi connectivity index (χ0) is 17.3. The number of urea groups is 1. The number of nitrogens with one attached hydrogen (secondary N) is 1. The lowest BCUT2D eigenvalue weighted by molar-refractivity contribution is -0.122. The SMILES string of the molecule is Cc1cccc(C=C2C(=O)NC(=O)N(c3cccc(Br)c3)C2=O)c1. The van der Waals surface area contributed by atoms with Gasteiger partial charge >= 0.3 is 6.03 Å². The van der Waals surface area contributed by atoms with Crippen LogP contribution in [0.15, 0.2) is 58.6 Å². The monoisotopic (exact) mass is 384 g/mol. The van der Waals surface area contributed by atoms with Crippen molar-refractivity contribution >= 4 is 45.5 Å². The van der Waals surface area contributed by atoms with E-state index in [2.05, 4.69) is 21.2 Å². The molecule has 0 spiro atoms. The maximum Gasteiger partial charge on any atom is 0.335 e. The Morgan fingerprint density at radius 2 is 1.79 bits per heavy atom. The third-order valence-electron chi connectivity index (χ3n) is 3.52. The van der Waals surface area contributed by atoms with Gasteiger partial charge in [0.2, 0.25) is 0 Å². The molecule has 0 saturated carbocycles. The van der Waals surface area contributed by atoms with E-state index >= 15 is 0 Å². The molecule has 1 aliphatic rings. The number of carbonyl (C=O) groups is 3. The summed E-state index contributed by atoms with van der Waals surface area (Å²) in [6, 6.07) is 13.4. The number of halogens is 1. The van der Waals surface area contributed by atoms with Gasteiger partial charge in [-0.1, -0.05) is 51.8 Å². The number of barbiturate groups is 1. The van der Waals surface area contributed by atoms with Crippen LogP contribution in [0.3, 0.4) is 0 Å². The van der Waals surface area contributed by atoms with Crippen molar-refractivity contribution in [3.05, 3.63) is 69.7 Å². The summed E-state index contributed by atoms with van der Waals surface area (Å²) in [5.74, 6) is -1.35. The fraction of sp³-hybridized carbons (Fsp3) is 0.0556. The molecule has 0 unspecified atom stereocenters. The van der Waals surface area contributed by atoms with Gasteiger partial charge in [-0.3, -0.25) is 14.9 Å². The average Bonchev–Trinajstić information content (AvgIpc) is 2.51. The molecule has 1 saturated heterocycles. The van der Waals surface area contributed by atoms with Gasteiger partial charge in [0.1, 0.15) is 5.57 Å². The second kappa shape index (κ2) is 6.41. The number of hydrogen-bond donors (Lipinski definition) is 1. The molecule has 2 aromatic rings. The van der Waals surface area contributed by atoms with Crippen molar-refractivity contribution in [2.45, 2.75) is 6.92 Å². The Hall–Kier alpha value is -2.73. The van der Waals surface area contributed by atoms with Gasteiger partial charge in [0.25, 0.3) is 11.8 Å². The van der Waals surface area contributed by atoms with Crippen LogP contribution in [0.5, 0.6) is 0 Å². The van der Waals surface area contributed by atoms with Crippen LogP contribution in [-0.2, 0) is 9.59 Å². The van der Waals surface area contributed by atoms with Gasteiger partial charge in [-0.05, 0) is 36.8 Å². The number of benzene rings is 2. The molecule has 1 aliphatic heterocycles. The topological polar surface area (TPSA) is 66.5 Å². The maximum absolute atomic E-state index is 12.7. The van der Waals surface area contributed by atoms with E-state index in [4.69, 9.17) is 0 Å². The first-order valence-electron chi connectivity index (χ1n) is 7.19. The molecule has 3 rings (SSSR count). The molecule has 1 N–H and O–H groups in total. The van der Waals surface area contributed by atoms with Gasteiger partial charge in [-0.25, -0.2) is 9.69 Å². The summed E-state index contributed by atoms with van der Waals surface area (Å²) in [4.78, 5) is 37.9. The van der Waals surface area contributed by atoms with Crippen LogP contribution in [0.1, 0.15) is 11.1 Å². The summed E-state index contributed by atoms with van der Waals surface area (Å²) in [7, 11) is 0. The molecule has 1 heterocycles. The quantitative estimate of drug-likeness (QED) is 0.637. The Morgan fingerprint density at radius 3 is 2.50 bits per heavy atom. The second-order valence-electron chi connectivity index (χ2n) is 5.35. The minimum atomic E-state index is -0.760. The second-order valence-corrected chi connectivity index (χ2v) is 6.27. The zero-order valence-corrected chi connectivity index (χ0v) is 14.3. The van der Waals surface area contributed by atoms with Crippen LogP contribution in [0.2, 0.25) is 0 Å². The minimum Gasteiger partial charge on any atom is -0.273 e. The summed E-state index contributed by atoms with van der Waals surface area (Å²) in [6.45, 7) is 1.92. The highest BCUT2D eigenvalue weighted by Gasteiger charge is 2.36. The van der Waals surface area contributed by atoms with Gasteiger partial charge in [-0.2, -0.15) is 0 Å². The van der Waals surface area contributed by atoms with E-state index < -0.39 is 17.8 Å². The van der Waals surface area contributed by atoms with Crippen molar-refractivity contribution in [2.75, 3.05) is 4.90 Å². The molecule has 0 aliphatic carbocycles. The first-order chi connectivity index (χ1) is 11.5. The fourth-order valence-electron chi connectivity index (χ4n) is 2.43. The van der Waals surface area contributed by atoms with Gasteiger partial charge in [-0.15, -0.1) is 0 Å². The van der Waals surface area contributed by atoms with Crippen LogP contribution in [0.25, 0.3) is 6.08 Å². The van der Waals surface area contributed by atoms with E-state index in [0.717, 1.165) is 20.5 Å². The maximum atomic E-state index is 12.7. The predicted octanol–water partition coefficient (Wildman–Crippen LogP) is 3.42. The van der Waals surface area contributed by atoms with Crippen molar-refractivity contribution < 1.29 is 14.4 Å². The lowest BCUT2D eigenvalue weighted by atomic mass is 10.1. The number of hydrogen-bond acceptors (Lipinski definition) is 3. The number of aryl methyl sites for hydroxylation is 1. The van der Waals surface area contributed by atoms with E-state index in [1.807, 2.05) is 25.1 Å². The van der Waals surface area contributed by atoms with Crippen LogP contribution < -0.4 is 10.2 Å². The summed E-state index contributed by atoms with van der Waals surface area (Å²) < 4.78 is 0.724. The van der Waals surface area contributed by atoms with Crippen LogP contribution in [-0.4, -0.2) is 17.8 Å². The highest BCUT2D eigenvalue weighted by molar-refractivity contribution is 9.10.